The van der Waals surface area contributed by atoms with Gasteiger partial charge in [-0.1, -0.05) is 0 Å². The molecule has 0 spiro atoms. The van der Waals surface area contributed by atoms with E-state index in [9.17, 15) is 23.5 Å². The van der Waals surface area contributed by atoms with Crippen LogP contribution in [0.5, 0.6) is 11.5 Å². The summed E-state index contributed by atoms with van der Waals surface area (Å²) in [6, 6.07) is 7.79. The van der Waals surface area contributed by atoms with Gasteiger partial charge in [-0.3, -0.25) is 4.79 Å². The Labute approximate surface area is 175 Å². The van der Waals surface area contributed by atoms with E-state index in [1.165, 1.54) is 15.5 Å². The molecule has 31 heavy (non-hydrogen) atoms. The highest BCUT2D eigenvalue weighted by Gasteiger charge is 2.27. The molecule has 0 unspecified atom stereocenters. The molecule has 0 aliphatic carbocycles. The second kappa shape index (κ2) is 7.75. The van der Waals surface area contributed by atoms with Crippen LogP contribution >= 0.6 is 0 Å². The number of carbonyl (C=O) groups is 1. The molecule has 1 aromatic heterocycles. The van der Waals surface area contributed by atoms with Gasteiger partial charge in [0.2, 0.25) is 0 Å². The molecule has 0 fully saturated rings. The van der Waals surface area contributed by atoms with E-state index in [4.69, 9.17) is 10.5 Å². The Morgan fingerprint density at radius 2 is 1.84 bits per heavy atom. The summed E-state index contributed by atoms with van der Waals surface area (Å²) in [4.78, 5) is 25.3. The minimum Gasteiger partial charge on any atom is -0.465 e. The van der Waals surface area contributed by atoms with Crippen molar-refractivity contribution in [2.45, 2.75) is 13.0 Å². The first-order valence-corrected chi connectivity index (χ1v) is 9.46. The zero-order valence-corrected chi connectivity index (χ0v) is 16.6. The molecule has 3 N–H and O–H groups in total. The Morgan fingerprint density at radius 3 is 2.55 bits per heavy atom. The fraction of sp³-hybridized carbons (Fsp3) is 0.182. The van der Waals surface area contributed by atoms with Crippen LogP contribution in [0.1, 0.15) is 11.1 Å². The number of amides is 1. The summed E-state index contributed by atoms with van der Waals surface area (Å²) in [7, 11) is 1.57. The highest BCUT2D eigenvalue weighted by atomic mass is 19.1. The average molecular weight is 427 g/mol. The van der Waals surface area contributed by atoms with Gasteiger partial charge in [-0.2, -0.15) is 0 Å². The van der Waals surface area contributed by atoms with E-state index in [1.54, 1.807) is 31.4 Å². The van der Waals surface area contributed by atoms with Crippen LogP contribution in [0.3, 0.4) is 0 Å². The summed E-state index contributed by atoms with van der Waals surface area (Å²) in [5.41, 5.74) is 8.32. The van der Waals surface area contributed by atoms with Gasteiger partial charge in [0.15, 0.2) is 11.6 Å². The van der Waals surface area contributed by atoms with Crippen LogP contribution in [-0.4, -0.2) is 27.2 Å². The van der Waals surface area contributed by atoms with Crippen molar-refractivity contribution in [3.63, 3.8) is 0 Å². The number of ether oxygens (including phenoxy) is 1. The van der Waals surface area contributed by atoms with E-state index in [2.05, 4.69) is 0 Å². The maximum absolute atomic E-state index is 14.2. The number of hydrogen-bond donors (Lipinski definition) is 2. The van der Waals surface area contributed by atoms with Crippen LogP contribution in [0, 0.1) is 11.6 Å². The average Bonchev–Trinajstić information content (AvgIpc) is 2.73. The third kappa shape index (κ3) is 3.81. The van der Waals surface area contributed by atoms with E-state index < -0.39 is 17.7 Å². The van der Waals surface area contributed by atoms with Gasteiger partial charge in [0, 0.05) is 48.2 Å². The molecule has 0 saturated heterocycles. The van der Waals surface area contributed by atoms with Crippen molar-refractivity contribution < 1.29 is 23.4 Å². The van der Waals surface area contributed by atoms with E-state index in [1.807, 2.05) is 0 Å². The zero-order chi connectivity index (χ0) is 22.3. The lowest BCUT2D eigenvalue weighted by Gasteiger charge is -2.28. The Kier molecular flexibility index (Phi) is 5.10. The Morgan fingerprint density at radius 1 is 1.10 bits per heavy atom. The van der Waals surface area contributed by atoms with Crippen LogP contribution in [0.25, 0.3) is 11.1 Å². The first kappa shape index (κ1) is 20.4. The molecule has 7 nitrogen and oxygen atoms in total. The van der Waals surface area contributed by atoms with Crippen molar-refractivity contribution in [3.8, 4) is 22.6 Å². The van der Waals surface area contributed by atoms with Crippen molar-refractivity contribution in [2.24, 2.45) is 7.05 Å². The Balaban J connectivity index is 1.86. The van der Waals surface area contributed by atoms with E-state index in [0.29, 0.717) is 34.4 Å². The molecule has 0 bridgehead atoms. The zero-order valence-electron chi connectivity index (χ0n) is 16.6. The minimum atomic E-state index is -1.10. The monoisotopic (exact) mass is 427 g/mol. The molecule has 9 heteroatoms. The second-order valence-corrected chi connectivity index (χ2v) is 7.30. The number of nitrogens with zero attached hydrogens (tertiary/aromatic N) is 2. The van der Waals surface area contributed by atoms with Crippen LogP contribution in [-0.2, 0) is 20.0 Å². The van der Waals surface area contributed by atoms with Crippen molar-refractivity contribution in [3.05, 3.63) is 75.7 Å². The molecule has 0 radical (unpaired) electrons. The summed E-state index contributed by atoms with van der Waals surface area (Å²) in [5.74, 6) is -1.48. The number of halogens is 2. The molecule has 1 aliphatic rings. The van der Waals surface area contributed by atoms with Crippen molar-refractivity contribution >= 4 is 11.8 Å². The van der Waals surface area contributed by atoms with Crippen LogP contribution in [0.2, 0.25) is 0 Å². The molecule has 4 rings (SSSR count). The van der Waals surface area contributed by atoms with Crippen molar-refractivity contribution in [1.29, 1.82) is 0 Å². The topological polar surface area (TPSA) is 97.8 Å². The number of pyridine rings is 1. The molecule has 0 atom stereocenters. The van der Waals surface area contributed by atoms with Gasteiger partial charge in [0.25, 0.3) is 5.56 Å². The molecule has 2 heterocycles. The maximum atomic E-state index is 14.2. The third-order valence-corrected chi connectivity index (χ3v) is 5.25. The number of aryl methyl sites for hydroxylation is 1. The number of hydrogen-bond acceptors (Lipinski definition) is 4. The minimum absolute atomic E-state index is 0.0315. The van der Waals surface area contributed by atoms with Crippen molar-refractivity contribution in [1.82, 2.24) is 9.47 Å². The first-order chi connectivity index (χ1) is 14.7. The number of benzene rings is 2. The number of rotatable bonds is 3. The predicted octanol–water partition coefficient (Wildman–Crippen LogP) is 3.74. The lowest BCUT2D eigenvalue weighted by molar-refractivity contribution is 0.139. The normalized spacial score (nSPS) is 13.1. The molecule has 1 aliphatic heterocycles. The lowest BCUT2D eigenvalue weighted by Crippen LogP contribution is -2.39. The van der Waals surface area contributed by atoms with Gasteiger partial charge < -0.3 is 25.0 Å². The van der Waals surface area contributed by atoms with E-state index in [-0.39, 0.29) is 30.1 Å². The van der Waals surface area contributed by atoms with Gasteiger partial charge in [-0.25, -0.2) is 13.6 Å². The van der Waals surface area contributed by atoms with Gasteiger partial charge in [-0.15, -0.1) is 0 Å². The standard InChI is InChI=1S/C22H19F2N3O4/c1-26-10-16(14-6-7-27(22(29)30)11-17(14)21(26)28)15-9-13(25)3-5-19(15)31-20-4-2-12(23)8-18(20)24/h2-5,8-10H,6-7,11,25H2,1H3,(H,29,30). The summed E-state index contributed by atoms with van der Waals surface area (Å²) >= 11 is 0. The van der Waals surface area contributed by atoms with Gasteiger partial charge in [0.05, 0.1) is 6.54 Å². The quantitative estimate of drug-likeness (QED) is 0.621. The molecular formula is C22H19F2N3O4. The molecule has 1 amide bonds. The van der Waals surface area contributed by atoms with Gasteiger partial charge in [-0.05, 0) is 42.3 Å². The second-order valence-electron chi connectivity index (χ2n) is 7.30. The Hall–Kier alpha value is -3.88. The molecule has 3 aromatic rings. The van der Waals surface area contributed by atoms with Gasteiger partial charge >= 0.3 is 6.09 Å². The summed E-state index contributed by atoms with van der Waals surface area (Å²) in [6.45, 7) is 0.198. The summed E-state index contributed by atoms with van der Waals surface area (Å²) < 4.78 is 34.5. The third-order valence-electron chi connectivity index (χ3n) is 5.25. The summed E-state index contributed by atoms with van der Waals surface area (Å²) in [6.07, 6.45) is 0.852. The summed E-state index contributed by atoms with van der Waals surface area (Å²) in [5, 5.41) is 9.32. The first-order valence-electron chi connectivity index (χ1n) is 9.46. The van der Waals surface area contributed by atoms with Crippen LogP contribution in [0.15, 0.2) is 47.4 Å². The number of anilines is 1. The SMILES string of the molecule is Cn1cc(-c2cc(N)ccc2Oc2ccc(F)cc2F)c2c(c1=O)CN(C(=O)O)CC2. The van der Waals surface area contributed by atoms with Crippen LogP contribution in [0.4, 0.5) is 19.3 Å². The van der Waals surface area contributed by atoms with E-state index >= 15 is 0 Å². The number of fused-ring (bicyclic) bond motifs is 1. The lowest BCUT2D eigenvalue weighted by atomic mass is 9.92. The Bertz CT molecular complexity index is 1260. The number of aromatic nitrogens is 1. The number of carboxylic acid groups (broad SMARTS) is 1. The smallest absolute Gasteiger partial charge is 0.407 e. The highest BCUT2D eigenvalue weighted by Crippen LogP contribution is 2.38. The molecule has 160 valence electrons. The highest BCUT2D eigenvalue weighted by molar-refractivity contribution is 5.77. The predicted molar refractivity (Wildman–Crippen MR) is 110 cm³/mol. The number of nitrogen functional groups attached to an aromatic ring is 1. The van der Waals surface area contributed by atoms with E-state index in [0.717, 1.165) is 12.1 Å². The van der Waals surface area contributed by atoms with Gasteiger partial charge in [0.1, 0.15) is 11.6 Å². The maximum Gasteiger partial charge on any atom is 0.407 e. The molecule has 0 saturated carbocycles. The molecular weight excluding hydrogens is 408 g/mol. The van der Waals surface area contributed by atoms with Crippen LogP contribution < -0.4 is 16.0 Å². The molecule has 2 aromatic carbocycles. The fourth-order valence-corrected chi connectivity index (χ4v) is 3.72. The number of nitrogens with two attached hydrogens (primary N) is 1. The van der Waals surface area contributed by atoms with Crippen molar-refractivity contribution in [2.75, 3.05) is 12.3 Å². The fourth-order valence-electron chi connectivity index (χ4n) is 3.72. The largest absolute Gasteiger partial charge is 0.465 e.